The topological polar surface area (TPSA) is 83.8 Å². The zero-order valence-corrected chi connectivity index (χ0v) is 16.4. The summed E-state index contributed by atoms with van der Waals surface area (Å²) in [5.74, 6) is -0.506. The number of carbonyl (C=O) groups is 3. The lowest BCUT2D eigenvalue weighted by Crippen LogP contribution is -2.25. The van der Waals surface area contributed by atoms with Gasteiger partial charge in [0.25, 0.3) is 0 Å². The maximum atomic E-state index is 12.9. The SMILES string of the molecule is COC(=O)C1CCn2c(C(=O)c3ccc(OC(=O)OC(C)(C)C)cc3)ccc21. The minimum Gasteiger partial charge on any atom is -0.469 e. The first-order valence-corrected chi connectivity index (χ1v) is 9.02. The number of hydrogen-bond donors (Lipinski definition) is 0. The molecule has 0 spiro atoms. The van der Waals surface area contributed by atoms with Crippen molar-refractivity contribution in [2.75, 3.05) is 7.11 Å². The van der Waals surface area contributed by atoms with Crippen LogP contribution in [0.4, 0.5) is 4.79 Å². The number of fused-ring (bicyclic) bond motifs is 1. The molecule has 7 nitrogen and oxygen atoms in total. The fraction of sp³-hybridized carbons (Fsp3) is 0.381. The molecule has 2 aromatic rings. The second-order valence-electron chi connectivity index (χ2n) is 7.58. The molecule has 0 bridgehead atoms. The van der Waals surface area contributed by atoms with Crippen LogP contribution in [0.3, 0.4) is 0 Å². The van der Waals surface area contributed by atoms with E-state index in [1.165, 1.54) is 7.11 Å². The number of esters is 1. The number of ketones is 1. The van der Waals surface area contributed by atoms with E-state index >= 15 is 0 Å². The zero-order chi connectivity index (χ0) is 20.5. The predicted octanol–water partition coefficient (Wildman–Crippen LogP) is 3.69. The van der Waals surface area contributed by atoms with Crippen molar-refractivity contribution in [3.8, 4) is 5.75 Å². The van der Waals surface area contributed by atoms with Crippen LogP contribution in [0.5, 0.6) is 5.75 Å². The van der Waals surface area contributed by atoms with Crippen molar-refractivity contribution >= 4 is 17.9 Å². The summed E-state index contributed by atoms with van der Waals surface area (Å²) in [5.41, 5.74) is 1.12. The van der Waals surface area contributed by atoms with E-state index in [4.69, 9.17) is 14.2 Å². The zero-order valence-electron chi connectivity index (χ0n) is 16.4. The van der Waals surface area contributed by atoms with Crippen LogP contribution in [0, 0.1) is 0 Å². The molecule has 28 heavy (non-hydrogen) atoms. The van der Waals surface area contributed by atoms with Crippen molar-refractivity contribution in [1.82, 2.24) is 4.57 Å². The van der Waals surface area contributed by atoms with Crippen LogP contribution in [0.2, 0.25) is 0 Å². The molecule has 3 rings (SSSR count). The summed E-state index contributed by atoms with van der Waals surface area (Å²) in [6, 6.07) is 9.79. The molecule has 1 aliphatic heterocycles. The van der Waals surface area contributed by atoms with Crippen molar-refractivity contribution < 1.29 is 28.6 Å². The summed E-state index contributed by atoms with van der Waals surface area (Å²) in [5, 5.41) is 0. The molecule has 0 saturated heterocycles. The average molecular weight is 385 g/mol. The third-order valence-corrected chi connectivity index (χ3v) is 4.44. The molecule has 0 fully saturated rings. The molecule has 1 aromatic heterocycles. The van der Waals surface area contributed by atoms with E-state index in [9.17, 15) is 14.4 Å². The summed E-state index contributed by atoms with van der Waals surface area (Å²) in [6.07, 6.45) is -0.184. The highest BCUT2D eigenvalue weighted by molar-refractivity contribution is 6.08. The number of aromatic nitrogens is 1. The Morgan fingerprint density at radius 3 is 2.32 bits per heavy atom. The lowest BCUT2D eigenvalue weighted by atomic mass is 10.1. The first kappa shape index (κ1) is 19.7. The second kappa shape index (κ2) is 7.50. The van der Waals surface area contributed by atoms with Gasteiger partial charge in [-0.3, -0.25) is 9.59 Å². The van der Waals surface area contributed by atoms with Gasteiger partial charge in [0.1, 0.15) is 11.4 Å². The predicted molar refractivity (Wildman–Crippen MR) is 101 cm³/mol. The molecule has 0 N–H and O–H groups in total. The third kappa shape index (κ3) is 4.08. The van der Waals surface area contributed by atoms with Crippen LogP contribution in [0.15, 0.2) is 36.4 Å². The molecule has 1 atom stereocenters. The lowest BCUT2D eigenvalue weighted by Gasteiger charge is -2.18. The quantitative estimate of drug-likeness (QED) is 0.453. The Morgan fingerprint density at radius 2 is 1.71 bits per heavy atom. The van der Waals surface area contributed by atoms with E-state index in [-0.39, 0.29) is 23.4 Å². The van der Waals surface area contributed by atoms with Crippen LogP contribution in [-0.2, 0) is 20.8 Å². The Labute approximate surface area is 163 Å². The first-order chi connectivity index (χ1) is 13.2. The summed E-state index contributed by atoms with van der Waals surface area (Å²) in [6.45, 7) is 5.83. The van der Waals surface area contributed by atoms with Gasteiger partial charge in [0, 0.05) is 17.8 Å². The van der Waals surface area contributed by atoms with Gasteiger partial charge in [0.15, 0.2) is 0 Å². The van der Waals surface area contributed by atoms with Crippen molar-refractivity contribution in [3.63, 3.8) is 0 Å². The molecule has 1 unspecified atom stereocenters. The van der Waals surface area contributed by atoms with Gasteiger partial charge < -0.3 is 18.8 Å². The highest BCUT2D eigenvalue weighted by Crippen LogP contribution is 2.32. The van der Waals surface area contributed by atoms with Crippen LogP contribution in [0.25, 0.3) is 0 Å². The molecule has 0 radical (unpaired) electrons. The molecule has 0 amide bonds. The lowest BCUT2D eigenvalue weighted by molar-refractivity contribution is -0.142. The van der Waals surface area contributed by atoms with Gasteiger partial charge in [0.2, 0.25) is 5.78 Å². The Morgan fingerprint density at radius 1 is 1.04 bits per heavy atom. The van der Waals surface area contributed by atoms with Gasteiger partial charge in [-0.25, -0.2) is 4.79 Å². The number of rotatable bonds is 4. The molecule has 1 aliphatic rings. The Bertz CT molecular complexity index is 904. The van der Waals surface area contributed by atoms with Crippen molar-refractivity contribution in [1.29, 1.82) is 0 Å². The standard InChI is InChI=1S/C21H23NO6/c1-21(2,3)28-20(25)27-14-7-5-13(6-8-14)18(23)17-10-9-16-15(19(24)26-4)11-12-22(16)17/h5-10,15H,11-12H2,1-4H3. The van der Waals surface area contributed by atoms with Gasteiger partial charge in [-0.2, -0.15) is 0 Å². The van der Waals surface area contributed by atoms with Crippen molar-refractivity contribution in [2.24, 2.45) is 0 Å². The highest BCUT2D eigenvalue weighted by Gasteiger charge is 2.32. The molecular formula is C21H23NO6. The molecule has 0 aliphatic carbocycles. The van der Waals surface area contributed by atoms with Gasteiger partial charge >= 0.3 is 12.1 Å². The largest absolute Gasteiger partial charge is 0.514 e. The molecule has 0 saturated carbocycles. The van der Waals surface area contributed by atoms with E-state index in [0.717, 1.165) is 5.69 Å². The third-order valence-electron chi connectivity index (χ3n) is 4.44. The molecule has 1 aromatic carbocycles. The Hall–Kier alpha value is -3.09. The summed E-state index contributed by atoms with van der Waals surface area (Å²) < 4.78 is 16.9. The molecule has 148 valence electrons. The Balaban J connectivity index is 1.73. The summed E-state index contributed by atoms with van der Waals surface area (Å²) >= 11 is 0. The smallest absolute Gasteiger partial charge is 0.469 e. The fourth-order valence-electron chi connectivity index (χ4n) is 3.21. The number of nitrogens with zero attached hydrogens (tertiary/aromatic N) is 1. The Kier molecular flexibility index (Phi) is 5.27. The van der Waals surface area contributed by atoms with Gasteiger partial charge in [-0.15, -0.1) is 0 Å². The second-order valence-corrected chi connectivity index (χ2v) is 7.58. The van der Waals surface area contributed by atoms with Gasteiger partial charge in [-0.05, 0) is 63.6 Å². The minimum atomic E-state index is -0.801. The number of ether oxygens (including phenoxy) is 3. The van der Waals surface area contributed by atoms with Crippen LogP contribution < -0.4 is 4.74 Å². The van der Waals surface area contributed by atoms with E-state index in [0.29, 0.717) is 24.2 Å². The number of methoxy groups -OCH3 is 1. The van der Waals surface area contributed by atoms with Crippen molar-refractivity contribution in [3.05, 3.63) is 53.3 Å². The molecular weight excluding hydrogens is 362 g/mol. The van der Waals surface area contributed by atoms with Crippen LogP contribution in [0.1, 0.15) is 54.9 Å². The monoisotopic (exact) mass is 385 g/mol. The fourth-order valence-corrected chi connectivity index (χ4v) is 3.21. The maximum Gasteiger partial charge on any atom is 0.514 e. The van der Waals surface area contributed by atoms with Gasteiger partial charge in [-0.1, -0.05) is 0 Å². The van der Waals surface area contributed by atoms with Crippen LogP contribution >= 0.6 is 0 Å². The van der Waals surface area contributed by atoms with Gasteiger partial charge in [0.05, 0.1) is 18.7 Å². The minimum absolute atomic E-state index is 0.166. The number of hydrogen-bond acceptors (Lipinski definition) is 6. The van der Waals surface area contributed by atoms with E-state index < -0.39 is 11.8 Å². The van der Waals surface area contributed by atoms with Crippen molar-refractivity contribution in [2.45, 2.75) is 45.3 Å². The summed E-state index contributed by atoms with van der Waals surface area (Å²) in [4.78, 5) is 36.5. The normalized spacial score (nSPS) is 15.6. The van der Waals surface area contributed by atoms with E-state index in [2.05, 4.69) is 0 Å². The summed E-state index contributed by atoms with van der Waals surface area (Å²) in [7, 11) is 1.36. The maximum absolute atomic E-state index is 12.9. The number of carbonyl (C=O) groups excluding carboxylic acids is 3. The number of benzene rings is 1. The average Bonchev–Trinajstić information content (AvgIpc) is 3.21. The van der Waals surface area contributed by atoms with E-state index in [1.807, 2.05) is 4.57 Å². The molecule has 2 heterocycles. The highest BCUT2D eigenvalue weighted by atomic mass is 16.7. The first-order valence-electron chi connectivity index (χ1n) is 9.02. The van der Waals surface area contributed by atoms with Crippen LogP contribution in [-0.4, -0.2) is 35.2 Å². The molecule has 7 heteroatoms. The van der Waals surface area contributed by atoms with E-state index in [1.54, 1.807) is 57.2 Å².